The second-order valence-electron chi connectivity index (χ2n) is 8.60. The van der Waals surface area contributed by atoms with Crippen molar-refractivity contribution in [1.29, 1.82) is 0 Å². The van der Waals surface area contributed by atoms with Gasteiger partial charge in [0.25, 0.3) is 5.91 Å². The molecule has 27 heavy (non-hydrogen) atoms. The fourth-order valence-electron chi connectivity index (χ4n) is 3.72. The number of aromatic nitrogens is 4. The largest absolute Gasteiger partial charge is 0.332 e. The van der Waals surface area contributed by atoms with Gasteiger partial charge in [-0.1, -0.05) is 27.2 Å². The van der Waals surface area contributed by atoms with Gasteiger partial charge in [-0.2, -0.15) is 5.10 Å². The monoisotopic (exact) mass is 368 g/mol. The average molecular weight is 368 g/mol. The van der Waals surface area contributed by atoms with Crippen LogP contribution in [-0.2, 0) is 18.4 Å². The van der Waals surface area contributed by atoms with Crippen molar-refractivity contribution in [3.05, 3.63) is 40.7 Å². The maximum absolute atomic E-state index is 12.9. The molecule has 4 rings (SSSR count). The Hall–Kier alpha value is -2.28. The molecule has 0 spiro atoms. The van der Waals surface area contributed by atoms with Crippen LogP contribution in [0.25, 0.3) is 0 Å². The SMILES string of the molecule is CC(C)(C)c1cc(C(=O)N2CCc3nc(C4CCCCN4)ncc3C2)n[nH]1. The Morgan fingerprint density at radius 1 is 1.30 bits per heavy atom. The van der Waals surface area contributed by atoms with Crippen LogP contribution in [0.15, 0.2) is 12.3 Å². The Labute approximate surface area is 160 Å². The summed E-state index contributed by atoms with van der Waals surface area (Å²) in [6.07, 6.45) is 6.21. The fraction of sp³-hybridized carbons (Fsp3) is 0.600. The summed E-state index contributed by atoms with van der Waals surface area (Å²) in [5.74, 6) is 0.862. The molecular weight excluding hydrogens is 340 g/mol. The van der Waals surface area contributed by atoms with Gasteiger partial charge in [0.2, 0.25) is 0 Å². The van der Waals surface area contributed by atoms with Crippen LogP contribution in [0.5, 0.6) is 0 Å². The second-order valence-corrected chi connectivity index (χ2v) is 8.60. The maximum atomic E-state index is 12.9. The molecule has 1 fully saturated rings. The summed E-state index contributed by atoms with van der Waals surface area (Å²) in [5, 5.41) is 10.7. The second kappa shape index (κ2) is 7.03. The molecule has 0 saturated carbocycles. The first kappa shape index (κ1) is 18.1. The van der Waals surface area contributed by atoms with E-state index in [2.05, 4.69) is 41.3 Å². The van der Waals surface area contributed by atoms with E-state index in [4.69, 9.17) is 4.98 Å². The van der Waals surface area contributed by atoms with Crippen molar-refractivity contribution in [2.24, 2.45) is 0 Å². The predicted molar refractivity (Wildman–Crippen MR) is 102 cm³/mol. The Morgan fingerprint density at radius 3 is 2.85 bits per heavy atom. The molecule has 2 N–H and O–H groups in total. The number of hydrogen-bond acceptors (Lipinski definition) is 5. The highest BCUT2D eigenvalue weighted by molar-refractivity contribution is 5.92. The molecule has 7 heteroatoms. The minimum atomic E-state index is -0.0581. The van der Waals surface area contributed by atoms with Gasteiger partial charge in [-0.3, -0.25) is 9.89 Å². The Kier molecular flexibility index (Phi) is 4.72. The highest BCUT2D eigenvalue weighted by atomic mass is 16.2. The van der Waals surface area contributed by atoms with Gasteiger partial charge in [0.05, 0.1) is 11.7 Å². The van der Waals surface area contributed by atoms with E-state index in [-0.39, 0.29) is 17.4 Å². The summed E-state index contributed by atoms with van der Waals surface area (Å²) in [5.41, 5.74) is 3.51. The molecule has 0 aromatic carbocycles. The lowest BCUT2D eigenvalue weighted by Crippen LogP contribution is -2.37. The lowest BCUT2D eigenvalue weighted by atomic mass is 9.92. The molecule has 7 nitrogen and oxygen atoms in total. The molecule has 4 heterocycles. The Balaban J connectivity index is 1.48. The van der Waals surface area contributed by atoms with E-state index in [1.165, 1.54) is 12.8 Å². The van der Waals surface area contributed by atoms with E-state index < -0.39 is 0 Å². The number of hydrogen-bond donors (Lipinski definition) is 2. The van der Waals surface area contributed by atoms with E-state index in [1.807, 2.05) is 17.2 Å². The number of piperidine rings is 1. The van der Waals surface area contributed by atoms with Crippen molar-refractivity contribution in [1.82, 2.24) is 30.4 Å². The van der Waals surface area contributed by atoms with Crippen LogP contribution in [0.2, 0.25) is 0 Å². The smallest absolute Gasteiger partial charge is 0.274 e. The highest BCUT2D eigenvalue weighted by Crippen LogP contribution is 2.25. The molecule has 2 aliphatic heterocycles. The first-order valence-corrected chi connectivity index (χ1v) is 9.85. The van der Waals surface area contributed by atoms with Crippen LogP contribution in [0, 0.1) is 0 Å². The topological polar surface area (TPSA) is 86.8 Å². The number of aromatic amines is 1. The van der Waals surface area contributed by atoms with Gasteiger partial charge >= 0.3 is 0 Å². The summed E-state index contributed by atoms with van der Waals surface area (Å²) in [7, 11) is 0. The summed E-state index contributed by atoms with van der Waals surface area (Å²) in [6.45, 7) is 8.54. The summed E-state index contributed by atoms with van der Waals surface area (Å²) in [4.78, 5) is 24.1. The van der Waals surface area contributed by atoms with E-state index in [0.29, 0.717) is 18.8 Å². The van der Waals surface area contributed by atoms with Crippen LogP contribution in [0.1, 0.15) is 79.3 Å². The molecule has 144 valence electrons. The van der Waals surface area contributed by atoms with E-state index in [1.54, 1.807) is 0 Å². The molecule has 1 amide bonds. The van der Waals surface area contributed by atoms with Crippen molar-refractivity contribution < 1.29 is 4.79 Å². The minimum absolute atomic E-state index is 0.0366. The van der Waals surface area contributed by atoms with Crippen molar-refractivity contribution in [2.75, 3.05) is 13.1 Å². The standard InChI is InChI=1S/C20H28N6O/c1-20(2,3)17-10-16(24-25-17)19(27)26-9-7-14-13(12-26)11-22-18(23-14)15-6-4-5-8-21-15/h10-11,15,21H,4-9,12H2,1-3H3,(H,24,25). The number of nitrogens with zero attached hydrogens (tertiary/aromatic N) is 4. The van der Waals surface area contributed by atoms with Gasteiger partial charge in [-0.25, -0.2) is 9.97 Å². The van der Waals surface area contributed by atoms with Gasteiger partial charge in [0.15, 0.2) is 0 Å². The zero-order chi connectivity index (χ0) is 19.0. The number of nitrogens with one attached hydrogen (secondary N) is 2. The zero-order valence-corrected chi connectivity index (χ0v) is 16.4. The number of H-pyrrole nitrogens is 1. The number of carbonyl (C=O) groups excluding carboxylic acids is 1. The molecule has 0 bridgehead atoms. The molecular formula is C20H28N6O. The fourth-order valence-corrected chi connectivity index (χ4v) is 3.72. The Bertz CT molecular complexity index is 831. The third-order valence-electron chi connectivity index (χ3n) is 5.47. The van der Waals surface area contributed by atoms with Crippen LogP contribution in [0.4, 0.5) is 0 Å². The van der Waals surface area contributed by atoms with Gasteiger partial charge in [-0.15, -0.1) is 0 Å². The van der Waals surface area contributed by atoms with Crippen LogP contribution in [0.3, 0.4) is 0 Å². The van der Waals surface area contributed by atoms with Crippen molar-refractivity contribution in [3.8, 4) is 0 Å². The number of carbonyl (C=O) groups is 1. The number of fused-ring (bicyclic) bond motifs is 1. The van der Waals surface area contributed by atoms with E-state index in [9.17, 15) is 4.79 Å². The zero-order valence-electron chi connectivity index (χ0n) is 16.4. The first-order valence-electron chi connectivity index (χ1n) is 9.85. The first-order chi connectivity index (χ1) is 12.9. The van der Waals surface area contributed by atoms with E-state index in [0.717, 1.165) is 42.2 Å². The van der Waals surface area contributed by atoms with Crippen molar-refractivity contribution in [3.63, 3.8) is 0 Å². The minimum Gasteiger partial charge on any atom is -0.332 e. The number of rotatable bonds is 2. The molecule has 1 atom stereocenters. The third-order valence-corrected chi connectivity index (χ3v) is 5.47. The number of amides is 1. The third kappa shape index (κ3) is 3.74. The van der Waals surface area contributed by atoms with Crippen LogP contribution >= 0.6 is 0 Å². The quantitative estimate of drug-likeness (QED) is 0.850. The molecule has 2 aliphatic rings. The Morgan fingerprint density at radius 2 is 2.15 bits per heavy atom. The van der Waals surface area contributed by atoms with Gasteiger partial charge in [-0.05, 0) is 25.5 Å². The molecule has 1 saturated heterocycles. The maximum Gasteiger partial charge on any atom is 0.274 e. The highest BCUT2D eigenvalue weighted by Gasteiger charge is 2.27. The molecule has 2 aromatic heterocycles. The lowest BCUT2D eigenvalue weighted by Gasteiger charge is -2.29. The summed E-state index contributed by atoms with van der Waals surface area (Å²) < 4.78 is 0. The average Bonchev–Trinajstić information content (AvgIpc) is 3.18. The lowest BCUT2D eigenvalue weighted by molar-refractivity contribution is 0.0727. The summed E-state index contributed by atoms with van der Waals surface area (Å²) in [6, 6.07) is 2.13. The molecule has 0 aliphatic carbocycles. The van der Waals surface area contributed by atoms with Gasteiger partial charge in [0, 0.05) is 42.4 Å². The normalized spacial score (nSPS) is 20.4. The van der Waals surface area contributed by atoms with Gasteiger partial charge in [0.1, 0.15) is 11.5 Å². The summed E-state index contributed by atoms with van der Waals surface area (Å²) >= 11 is 0. The van der Waals surface area contributed by atoms with Gasteiger partial charge < -0.3 is 10.2 Å². The van der Waals surface area contributed by atoms with Crippen molar-refractivity contribution in [2.45, 2.75) is 64.5 Å². The molecule has 2 aromatic rings. The molecule has 0 radical (unpaired) electrons. The molecule has 1 unspecified atom stereocenters. The van der Waals surface area contributed by atoms with Crippen LogP contribution < -0.4 is 5.32 Å². The van der Waals surface area contributed by atoms with Crippen LogP contribution in [-0.4, -0.2) is 44.1 Å². The van der Waals surface area contributed by atoms with E-state index >= 15 is 0 Å². The predicted octanol–water partition coefficient (Wildman–Crippen LogP) is 2.51. The van der Waals surface area contributed by atoms with Crippen molar-refractivity contribution >= 4 is 5.91 Å².